The van der Waals surface area contributed by atoms with Gasteiger partial charge in [-0.3, -0.25) is 0 Å². The van der Waals surface area contributed by atoms with Crippen molar-refractivity contribution in [3.05, 3.63) is 0 Å². The molecular formula is C4H8O2S. The molecule has 0 aliphatic rings. The molecule has 0 amide bonds. The van der Waals surface area contributed by atoms with E-state index in [2.05, 4.69) is 12.6 Å². The van der Waals surface area contributed by atoms with Gasteiger partial charge in [-0.1, -0.05) is 0 Å². The van der Waals surface area contributed by atoms with Crippen LogP contribution in [0, 0.1) is 0 Å². The average Bonchev–Trinajstić information content (AvgIpc) is 1.68. The van der Waals surface area contributed by atoms with E-state index < -0.39 is 6.10 Å². The van der Waals surface area contributed by atoms with E-state index in [0.29, 0.717) is 18.5 Å². The van der Waals surface area contributed by atoms with Gasteiger partial charge in [-0.15, -0.1) is 0 Å². The van der Waals surface area contributed by atoms with Crippen LogP contribution in [-0.2, 0) is 4.79 Å². The molecule has 0 aromatic carbocycles. The van der Waals surface area contributed by atoms with Crippen molar-refractivity contribution < 1.29 is 9.90 Å². The van der Waals surface area contributed by atoms with Crippen LogP contribution < -0.4 is 0 Å². The molecule has 0 bridgehead atoms. The fraction of sp³-hybridized carbons (Fsp3) is 0.750. The molecule has 7 heavy (non-hydrogen) atoms. The van der Waals surface area contributed by atoms with Crippen LogP contribution in [0.2, 0.25) is 0 Å². The first-order chi connectivity index (χ1) is 3.31. The maximum absolute atomic E-state index is 9.61. The second-order valence-corrected chi connectivity index (χ2v) is 1.66. The highest BCUT2D eigenvalue weighted by molar-refractivity contribution is 7.80. The Balaban J connectivity index is 2.98. The Morgan fingerprint density at radius 1 is 1.86 bits per heavy atom. The highest BCUT2D eigenvalue weighted by Gasteiger charge is 1.95. The summed E-state index contributed by atoms with van der Waals surface area (Å²) in [7, 11) is 0. The minimum Gasteiger partial charge on any atom is -0.386 e. The van der Waals surface area contributed by atoms with Gasteiger partial charge in [0.15, 0.2) is 0 Å². The molecule has 0 aliphatic carbocycles. The van der Waals surface area contributed by atoms with Gasteiger partial charge in [0.1, 0.15) is 12.4 Å². The van der Waals surface area contributed by atoms with Crippen molar-refractivity contribution >= 4 is 18.9 Å². The molecule has 0 aromatic rings. The minimum atomic E-state index is -0.808. The molecule has 0 spiro atoms. The normalized spacial score (nSPS) is 13.4. The van der Waals surface area contributed by atoms with Crippen LogP contribution in [0.5, 0.6) is 0 Å². The SMILES string of the molecule is O=CC(O)CCS. The van der Waals surface area contributed by atoms with Crippen LogP contribution in [0.3, 0.4) is 0 Å². The van der Waals surface area contributed by atoms with Gasteiger partial charge in [0, 0.05) is 0 Å². The molecule has 0 rings (SSSR count). The van der Waals surface area contributed by atoms with Crippen molar-refractivity contribution in [1.82, 2.24) is 0 Å². The topological polar surface area (TPSA) is 37.3 Å². The lowest BCUT2D eigenvalue weighted by atomic mass is 10.3. The number of hydrogen-bond acceptors (Lipinski definition) is 3. The quantitative estimate of drug-likeness (QED) is 0.402. The first-order valence-corrected chi connectivity index (χ1v) is 2.68. The van der Waals surface area contributed by atoms with E-state index in [1.54, 1.807) is 0 Å². The number of rotatable bonds is 3. The molecule has 0 heterocycles. The number of aliphatic hydroxyl groups is 1. The smallest absolute Gasteiger partial charge is 0.148 e. The third-order valence-electron chi connectivity index (χ3n) is 0.582. The molecular weight excluding hydrogens is 112 g/mol. The van der Waals surface area contributed by atoms with E-state index in [1.807, 2.05) is 0 Å². The van der Waals surface area contributed by atoms with Crippen LogP contribution in [0.4, 0.5) is 0 Å². The summed E-state index contributed by atoms with van der Waals surface area (Å²) in [6.45, 7) is 0. The molecule has 3 heteroatoms. The van der Waals surface area contributed by atoms with Crippen molar-refractivity contribution in [3.8, 4) is 0 Å². The highest BCUT2D eigenvalue weighted by Crippen LogP contribution is 1.87. The maximum Gasteiger partial charge on any atom is 0.148 e. The lowest BCUT2D eigenvalue weighted by Gasteiger charge is -1.94. The van der Waals surface area contributed by atoms with Crippen LogP contribution in [0.1, 0.15) is 6.42 Å². The molecule has 1 unspecified atom stereocenters. The number of hydrogen-bond donors (Lipinski definition) is 2. The van der Waals surface area contributed by atoms with E-state index in [1.165, 1.54) is 0 Å². The molecule has 42 valence electrons. The number of carbonyl (C=O) groups excluding carboxylic acids is 1. The first kappa shape index (κ1) is 6.98. The zero-order chi connectivity index (χ0) is 5.70. The predicted molar refractivity (Wildman–Crippen MR) is 30.5 cm³/mol. The van der Waals surface area contributed by atoms with Crippen LogP contribution in [-0.4, -0.2) is 23.2 Å². The molecule has 0 saturated heterocycles. The van der Waals surface area contributed by atoms with E-state index >= 15 is 0 Å². The molecule has 2 nitrogen and oxygen atoms in total. The van der Waals surface area contributed by atoms with Crippen molar-refractivity contribution in [3.63, 3.8) is 0 Å². The number of aldehydes is 1. The number of thiol groups is 1. The molecule has 0 fully saturated rings. The van der Waals surface area contributed by atoms with Crippen molar-refractivity contribution in [2.24, 2.45) is 0 Å². The summed E-state index contributed by atoms with van der Waals surface area (Å²) in [6, 6.07) is 0. The van der Waals surface area contributed by atoms with Crippen LogP contribution in [0.15, 0.2) is 0 Å². The van der Waals surface area contributed by atoms with Gasteiger partial charge in [0.05, 0.1) is 0 Å². The van der Waals surface area contributed by atoms with Crippen molar-refractivity contribution in [1.29, 1.82) is 0 Å². The molecule has 0 aromatic heterocycles. The average molecular weight is 120 g/mol. The van der Waals surface area contributed by atoms with Crippen molar-refractivity contribution in [2.45, 2.75) is 12.5 Å². The van der Waals surface area contributed by atoms with E-state index in [4.69, 9.17) is 5.11 Å². The van der Waals surface area contributed by atoms with Crippen LogP contribution >= 0.6 is 12.6 Å². The fourth-order valence-corrected chi connectivity index (χ4v) is 0.465. The van der Waals surface area contributed by atoms with Gasteiger partial charge in [-0.25, -0.2) is 0 Å². The van der Waals surface area contributed by atoms with Crippen molar-refractivity contribution in [2.75, 3.05) is 5.75 Å². The van der Waals surface area contributed by atoms with E-state index in [0.717, 1.165) is 0 Å². The lowest BCUT2D eigenvalue weighted by molar-refractivity contribution is -0.114. The summed E-state index contributed by atoms with van der Waals surface area (Å²) < 4.78 is 0. The Morgan fingerprint density at radius 3 is 2.57 bits per heavy atom. The Bertz CT molecular complexity index is 55.7. The van der Waals surface area contributed by atoms with Gasteiger partial charge >= 0.3 is 0 Å². The Labute approximate surface area is 47.9 Å². The highest BCUT2D eigenvalue weighted by atomic mass is 32.1. The third kappa shape index (κ3) is 3.82. The minimum absolute atomic E-state index is 0.451. The summed E-state index contributed by atoms with van der Waals surface area (Å²) in [4.78, 5) is 9.61. The largest absolute Gasteiger partial charge is 0.386 e. The zero-order valence-electron chi connectivity index (χ0n) is 3.87. The monoisotopic (exact) mass is 120 g/mol. The number of carbonyl (C=O) groups is 1. The summed E-state index contributed by atoms with van der Waals surface area (Å²) in [5.74, 6) is 0.555. The Morgan fingerprint density at radius 2 is 2.43 bits per heavy atom. The maximum atomic E-state index is 9.61. The fourth-order valence-electron chi connectivity index (χ4n) is 0.200. The third-order valence-corrected chi connectivity index (χ3v) is 0.840. The lowest BCUT2D eigenvalue weighted by Crippen LogP contribution is -2.07. The van der Waals surface area contributed by atoms with Gasteiger partial charge in [-0.2, -0.15) is 12.6 Å². The molecule has 0 radical (unpaired) electrons. The molecule has 0 saturated carbocycles. The Kier molecular flexibility index (Phi) is 4.14. The predicted octanol–water partition coefficient (Wildman–Crippen LogP) is -0.134. The van der Waals surface area contributed by atoms with Gasteiger partial charge in [-0.05, 0) is 12.2 Å². The molecule has 1 N–H and O–H groups in total. The number of aliphatic hydroxyl groups excluding tert-OH is 1. The van der Waals surface area contributed by atoms with Gasteiger partial charge in [0.25, 0.3) is 0 Å². The molecule has 1 atom stereocenters. The standard InChI is InChI=1S/C4H8O2S/c5-3-4(6)1-2-7/h3-4,6-7H,1-2H2. The van der Waals surface area contributed by atoms with Crippen LogP contribution in [0.25, 0.3) is 0 Å². The summed E-state index contributed by atoms with van der Waals surface area (Å²) in [6.07, 6.45) is 0.153. The second-order valence-electron chi connectivity index (χ2n) is 1.22. The van der Waals surface area contributed by atoms with E-state index in [-0.39, 0.29) is 0 Å². The second kappa shape index (κ2) is 4.15. The summed E-state index contributed by atoms with van der Waals surface area (Å²) in [5, 5.41) is 8.44. The van der Waals surface area contributed by atoms with Gasteiger partial charge < -0.3 is 9.90 Å². The van der Waals surface area contributed by atoms with Gasteiger partial charge in [0.2, 0.25) is 0 Å². The van der Waals surface area contributed by atoms with E-state index in [9.17, 15) is 4.79 Å². The first-order valence-electron chi connectivity index (χ1n) is 2.05. The summed E-state index contributed by atoms with van der Waals surface area (Å²) >= 11 is 3.80. The zero-order valence-corrected chi connectivity index (χ0v) is 4.77. The summed E-state index contributed by atoms with van der Waals surface area (Å²) in [5.41, 5.74) is 0. The molecule has 0 aliphatic heterocycles. The Hall–Kier alpha value is -0.0200.